The second-order valence-electron chi connectivity index (χ2n) is 8.16. The molecule has 188 valence electrons. The molecule has 36 heavy (non-hydrogen) atoms. The molecule has 3 rings (SSSR count). The average Bonchev–Trinajstić information content (AvgIpc) is 2.83. The van der Waals surface area contributed by atoms with Gasteiger partial charge in [-0.3, -0.25) is 19.6 Å². The third kappa shape index (κ3) is 6.69. The Balaban J connectivity index is 2.10. The Morgan fingerprint density at radius 3 is 2.50 bits per heavy atom. The fourth-order valence-corrected chi connectivity index (χ4v) is 5.30. The zero-order chi connectivity index (χ0) is 26.4. The van der Waals surface area contributed by atoms with Crippen LogP contribution in [-0.4, -0.2) is 38.3 Å². The number of thioether (sulfide) groups is 1. The van der Waals surface area contributed by atoms with Gasteiger partial charge in [0.1, 0.15) is 5.75 Å². The SMILES string of the molecule is CN(C)n1cc(-c2ccc([N+](=O)[O-])c(SCCCCC(Br)Br)c2)c(=O)c(-c2ccc(O)cc2C#N)c1. The van der Waals surface area contributed by atoms with Gasteiger partial charge in [-0.1, -0.05) is 38.3 Å². The molecule has 0 atom stereocenters. The molecule has 0 spiro atoms. The zero-order valence-electron chi connectivity index (χ0n) is 19.6. The van der Waals surface area contributed by atoms with Crippen LogP contribution in [0.4, 0.5) is 5.69 Å². The fraction of sp³-hybridized carbons (Fsp3) is 0.280. The van der Waals surface area contributed by atoms with Crippen LogP contribution in [0.15, 0.2) is 58.5 Å². The van der Waals surface area contributed by atoms with E-state index in [-0.39, 0.29) is 31.7 Å². The van der Waals surface area contributed by atoms with Gasteiger partial charge in [0.25, 0.3) is 5.69 Å². The Hall–Kier alpha value is -2.81. The van der Waals surface area contributed by atoms with Gasteiger partial charge in [-0.2, -0.15) is 5.26 Å². The van der Waals surface area contributed by atoms with Crippen molar-refractivity contribution in [3.05, 3.63) is 74.7 Å². The van der Waals surface area contributed by atoms with Crippen LogP contribution in [0.5, 0.6) is 5.75 Å². The van der Waals surface area contributed by atoms with Crippen LogP contribution >= 0.6 is 43.6 Å². The highest BCUT2D eigenvalue weighted by Gasteiger charge is 2.19. The minimum atomic E-state index is -0.413. The second kappa shape index (κ2) is 12.4. The predicted molar refractivity (Wildman–Crippen MR) is 151 cm³/mol. The van der Waals surface area contributed by atoms with E-state index in [9.17, 15) is 25.3 Å². The summed E-state index contributed by atoms with van der Waals surface area (Å²) < 4.78 is 1.96. The summed E-state index contributed by atoms with van der Waals surface area (Å²) in [4.78, 5) is 25.4. The van der Waals surface area contributed by atoms with Crippen molar-refractivity contribution in [1.82, 2.24) is 4.68 Å². The lowest BCUT2D eigenvalue weighted by atomic mass is 9.97. The number of hydrogen-bond acceptors (Lipinski definition) is 7. The molecule has 0 saturated heterocycles. The molecule has 0 fully saturated rings. The summed E-state index contributed by atoms with van der Waals surface area (Å²) in [7, 11) is 3.61. The number of rotatable bonds is 10. The van der Waals surface area contributed by atoms with Gasteiger partial charge in [-0.25, -0.2) is 0 Å². The Morgan fingerprint density at radius 2 is 1.86 bits per heavy atom. The van der Waals surface area contributed by atoms with Gasteiger partial charge in [-0.05, 0) is 54.5 Å². The van der Waals surface area contributed by atoms with Crippen molar-refractivity contribution < 1.29 is 10.0 Å². The summed E-state index contributed by atoms with van der Waals surface area (Å²) in [6, 6.07) is 11.0. The van der Waals surface area contributed by atoms with Crippen molar-refractivity contribution in [2.24, 2.45) is 0 Å². The first-order valence-corrected chi connectivity index (χ1v) is 13.8. The summed E-state index contributed by atoms with van der Waals surface area (Å²) in [5.41, 5.74) is 1.41. The molecule has 0 saturated carbocycles. The highest BCUT2D eigenvalue weighted by Crippen LogP contribution is 2.34. The van der Waals surface area contributed by atoms with Gasteiger partial charge in [0.2, 0.25) is 0 Å². The van der Waals surface area contributed by atoms with Crippen LogP contribution in [0.25, 0.3) is 22.3 Å². The Kier molecular flexibility index (Phi) is 9.59. The summed E-state index contributed by atoms with van der Waals surface area (Å²) in [6.45, 7) is 0. The third-order valence-electron chi connectivity index (χ3n) is 5.43. The van der Waals surface area contributed by atoms with Gasteiger partial charge in [0.05, 0.1) is 25.2 Å². The molecule has 0 aliphatic rings. The number of nitrogens with zero attached hydrogens (tertiary/aromatic N) is 4. The van der Waals surface area contributed by atoms with E-state index in [1.54, 1.807) is 34.2 Å². The maximum atomic E-state index is 13.6. The first kappa shape index (κ1) is 27.8. The van der Waals surface area contributed by atoms with Crippen LogP contribution in [0.1, 0.15) is 24.8 Å². The highest BCUT2D eigenvalue weighted by atomic mass is 79.9. The number of halogens is 2. The van der Waals surface area contributed by atoms with Gasteiger partial charge in [-0.15, -0.1) is 11.8 Å². The predicted octanol–water partition coefficient (Wildman–Crippen LogP) is 6.24. The van der Waals surface area contributed by atoms with E-state index in [1.807, 2.05) is 20.2 Å². The lowest BCUT2D eigenvalue weighted by Gasteiger charge is -2.20. The highest BCUT2D eigenvalue weighted by molar-refractivity contribution is 9.24. The number of nitro groups is 1. The van der Waals surface area contributed by atoms with Crippen LogP contribution in [0.2, 0.25) is 0 Å². The summed E-state index contributed by atoms with van der Waals surface area (Å²) in [5.74, 6) is 0.636. The molecule has 11 heteroatoms. The average molecular weight is 636 g/mol. The number of alkyl halides is 2. The molecule has 0 aliphatic heterocycles. The van der Waals surface area contributed by atoms with Crippen molar-refractivity contribution in [2.45, 2.75) is 27.9 Å². The molecule has 2 aromatic carbocycles. The van der Waals surface area contributed by atoms with Gasteiger partial charge in [0, 0.05) is 49.2 Å². The van der Waals surface area contributed by atoms with Crippen molar-refractivity contribution in [2.75, 3.05) is 24.9 Å². The number of aromatic nitrogens is 1. The normalized spacial score (nSPS) is 10.9. The lowest BCUT2D eigenvalue weighted by Crippen LogP contribution is -2.27. The van der Waals surface area contributed by atoms with Crippen LogP contribution in [-0.2, 0) is 0 Å². The van der Waals surface area contributed by atoms with Crippen molar-refractivity contribution in [1.29, 1.82) is 5.26 Å². The Morgan fingerprint density at radius 1 is 1.14 bits per heavy atom. The number of nitriles is 1. The van der Waals surface area contributed by atoms with Gasteiger partial charge >= 0.3 is 0 Å². The lowest BCUT2D eigenvalue weighted by molar-refractivity contribution is -0.387. The maximum absolute atomic E-state index is 13.6. The number of nitro benzene ring substituents is 1. The molecular formula is C25H24Br2N4O4S. The fourth-order valence-electron chi connectivity index (χ4n) is 3.58. The minimum absolute atomic E-state index is 0.00278. The number of benzene rings is 2. The van der Waals surface area contributed by atoms with Crippen molar-refractivity contribution in [3.8, 4) is 34.1 Å². The van der Waals surface area contributed by atoms with Crippen LogP contribution in [0, 0.1) is 21.4 Å². The van der Waals surface area contributed by atoms with Crippen molar-refractivity contribution >= 4 is 49.3 Å². The Labute approximate surface area is 229 Å². The molecule has 1 heterocycles. The van der Waals surface area contributed by atoms with E-state index in [2.05, 4.69) is 31.9 Å². The quantitative estimate of drug-likeness (QED) is 0.0922. The third-order valence-corrected chi connectivity index (χ3v) is 7.48. The number of phenolic OH excluding ortho intramolecular Hbond substituents is 1. The Bertz CT molecular complexity index is 1370. The molecule has 3 aromatic rings. The number of hydrogen-bond donors (Lipinski definition) is 1. The summed E-state index contributed by atoms with van der Waals surface area (Å²) in [6.07, 6.45) is 6.09. The maximum Gasteiger partial charge on any atom is 0.282 e. The van der Waals surface area contributed by atoms with E-state index < -0.39 is 4.92 Å². The molecule has 0 unspecified atom stereocenters. The number of aromatic hydroxyl groups is 1. The number of phenols is 1. The van der Waals surface area contributed by atoms with Gasteiger partial charge < -0.3 is 10.1 Å². The van der Waals surface area contributed by atoms with E-state index >= 15 is 0 Å². The first-order chi connectivity index (χ1) is 17.1. The molecule has 8 nitrogen and oxygen atoms in total. The van der Waals surface area contributed by atoms with Gasteiger partial charge in [0.15, 0.2) is 5.43 Å². The number of unbranched alkanes of at least 4 members (excludes halogenated alkanes) is 1. The summed E-state index contributed by atoms with van der Waals surface area (Å²) >= 11 is 8.30. The molecule has 1 aromatic heterocycles. The van der Waals surface area contributed by atoms with Crippen LogP contribution < -0.4 is 10.4 Å². The van der Waals surface area contributed by atoms with E-state index in [1.165, 1.54) is 36.0 Å². The standard InChI is InChI=1S/C25H24Br2N4O4S/c1-29(2)30-14-20(25(33)21(15-30)19-8-7-18(32)11-17(19)13-28)16-6-9-22(31(34)35)23(12-16)36-10-4-3-5-24(26)27/h6-9,11-12,14-15,24,32H,3-5,10H2,1-2H3. The first-order valence-electron chi connectivity index (χ1n) is 11.0. The topological polar surface area (TPSA) is 112 Å². The largest absolute Gasteiger partial charge is 0.508 e. The monoisotopic (exact) mass is 634 g/mol. The molecule has 0 aliphatic carbocycles. The molecule has 1 N–H and O–H groups in total. The van der Waals surface area contributed by atoms with Crippen LogP contribution in [0.3, 0.4) is 0 Å². The number of pyridine rings is 1. The molecule has 0 amide bonds. The molecule has 0 bridgehead atoms. The van der Waals surface area contributed by atoms with E-state index in [0.29, 0.717) is 27.3 Å². The van der Waals surface area contributed by atoms with E-state index in [0.717, 1.165) is 19.3 Å². The molecular weight excluding hydrogens is 612 g/mol. The minimum Gasteiger partial charge on any atom is -0.508 e. The van der Waals surface area contributed by atoms with Crippen molar-refractivity contribution in [3.63, 3.8) is 0 Å². The smallest absolute Gasteiger partial charge is 0.282 e. The summed E-state index contributed by atoms with van der Waals surface area (Å²) in [5, 5.41) is 32.8. The second-order valence-corrected chi connectivity index (χ2v) is 12.7. The molecule has 0 radical (unpaired) electrons. The zero-order valence-corrected chi connectivity index (χ0v) is 23.6. The van der Waals surface area contributed by atoms with E-state index in [4.69, 9.17) is 0 Å².